The molecule has 1 amide bonds. The smallest absolute Gasteiger partial charge is 0.397 e. The Bertz CT molecular complexity index is 686. The first-order chi connectivity index (χ1) is 9.79. The third kappa shape index (κ3) is 3.46. The Morgan fingerprint density at radius 3 is 2.48 bits per heavy atom. The van der Waals surface area contributed by atoms with Gasteiger partial charge in [-0.25, -0.2) is 0 Å². The zero-order valence-electron chi connectivity index (χ0n) is 10.5. The number of nitrogens with one attached hydrogen (secondary N) is 1. The Labute approximate surface area is 123 Å². The highest BCUT2D eigenvalue weighted by atomic mass is 35.5. The summed E-state index contributed by atoms with van der Waals surface area (Å²) < 4.78 is 38.6. The van der Waals surface area contributed by atoms with Gasteiger partial charge in [-0.05, 0) is 30.3 Å². The number of carbonyl (C=O) groups is 1. The number of halogens is 4. The average Bonchev–Trinajstić information content (AvgIpc) is 2.42. The van der Waals surface area contributed by atoms with Crippen molar-refractivity contribution >= 4 is 28.9 Å². The van der Waals surface area contributed by atoms with Gasteiger partial charge in [0, 0.05) is 5.02 Å². The zero-order chi connectivity index (χ0) is 15.6. The molecule has 21 heavy (non-hydrogen) atoms. The molecule has 0 radical (unpaired) electrons. The van der Waals surface area contributed by atoms with Crippen LogP contribution in [0.25, 0.3) is 0 Å². The van der Waals surface area contributed by atoms with E-state index in [2.05, 4.69) is 5.32 Å². The van der Waals surface area contributed by atoms with E-state index < -0.39 is 23.2 Å². The molecule has 0 unspecified atom stereocenters. The molecular formula is C14H10ClF3N2O. The molecule has 0 aliphatic carbocycles. The predicted molar refractivity (Wildman–Crippen MR) is 75.3 cm³/mol. The third-order valence-corrected chi connectivity index (χ3v) is 2.98. The summed E-state index contributed by atoms with van der Waals surface area (Å²) in [6.07, 6.45) is -4.62. The van der Waals surface area contributed by atoms with E-state index >= 15 is 0 Å². The number of alkyl halides is 3. The molecule has 0 bridgehead atoms. The summed E-state index contributed by atoms with van der Waals surface area (Å²) in [5, 5.41) is 2.64. The van der Waals surface area contributed by atoms with E-state index in [9.17, 15) is 18.0 Å². The lowest BCUT2D eigenvalue weighted by molar-refractivity contribution is -0.137. The number of amides is 1. The molecular weight excluding hydrogens is 305 g/mol. The van der Waals surface area contributed by atoms with Gasteiger partial charge in [0.2, 0.25) is 0 Å². The highest BCUT2D eigenvalue weighted by Crippen LogP contribution is 2.32. The molecule has 3 N–H and O–H groups in total. The second-order valence-electron chi connectivity index (χ2n) is 4.23. The van der Waals surface area contributed by atoms with Crippen LogP contribution in [0.15, 0.2) is 42.5 Å². The van der Waals surface area contributed by atoms with E-state index in [4.69, 9.17) is 17.3 Å². The summed E-state index contributed by atoms with van der Waals surface area (Å²) in [5.41, 5.74) is 4.51. The Morgan fingerprint density at radius 1 is 1.14 bits per heavy atom. The van der Waals surface area contributed by atoms with Crippen LogP contribution < -0.4 is 11.1 Å². The lowest BCUT2D eigenvalue weighted by atomic mass is 10.1. The van der Waals surface area contributed by atoms with Gasteiger partial charge >= 0.3 is 6.18 Å². The monoisotopic (exact) mass is 314 g/mol. The van der Waals surface area contributed by atoms with Gasteiger partial charge < -0.3 is 11.1 Å². The Hall–Kier alpha value is -2.21. The summed E-state index contributed by atoms with van der Waals surface area (Å²) in [5.74, 6) is -0.906. The zero-order valence-corrected chi connectivity index (χ0v) is 11.3. The molecule has 0 saturated heterocycles. The number of nitrogens with two attached hydrogens (primary N) is 1. The molecule has 0 atom stereocenters. The fourth-order valence-corrected chi connectivity index (χ4v) is 1.93. The fourth-order valence-electron chi connectivity index (χ4n) is 1.75. The van der Waals surface area contributed by atoms with E-state index in [0.29, 0.717) is 5.02 Å². The van der Waals surface area contributed by atoms with E-state index in [-0.39, 0.29) is 11.4 Å². The molecule has 2 aromatic carbocycles. The van der Waals surface area contributed by atoms with Gasteiger partial charge in [-0.3, -0.25) is 4.79 Å². The summed E-state index contributed by atoms with van der Waals surface area (Å²) >= 11 is 5.76. The molecule has 7 heteroatoms. The first-order valence-corrected chi connectivity index (χ1v) is 6.19. The number of benzene rings is 2. The number of anilines is 2. The summed E-state index contributed by atoms with van der Waals surface area (Å²) in [6.45, 7) is 0. The van der Waals surface area contributed by atoms with Gasteiger partial charge in [0.15, 0.2) is 0 Å². The van der Waals surface area contributed by atoms with Gasteiger partial charge in [0.05, 0.1) is 22.5 Å². The van der Waals surface area contributed by atoms with Crippen molar-refractivity contribution < 1.29 is 18.0 Å². The van der Waals surface area contributed by atoms with Crippen LogP contribution in [-0.4, -0.2) is 5.91 Å². The maximum absolute atomic E-state index is 12.9. The average molecular weight is 315 g/mol. The van der Waals surface area contributed by atoms with Crippen molar-refractivity contribution in [3.8, 4) is 0 Å². The van der Waals surface area contributed by atoms with Gasteiger partial charge in [-0.15, -0.1) is 0 Å². The number of hydrogen-bond acceptors (Lipinski definition) is 2. The first-order valence-electron chi connectivity index (χ1n) is 5.81. The lowest BCUT2D eigenvalue weighted by Gasteiger charge is -2.13. The van der Waals surface area contributed by atoms with Crippen molar-refractivity contribution in [2.75, 3.05) is 11.1 Å². The van der Waals surface area contributed by atoms with Crippen LogP contribution >= 0.6 is 11.6 Å². The highest BCUT2D eigenvalue weighted by Gasteiger charge is 2.34. The van der Waals surface area contributed by atoms with Crippen LogP contribution in [0.2, 0.25) is 5.02 Å². The minimum Gasteiger partial charge on any atom is -0.397 e. The maximum Gasteiger partial charge on any atom is 0.417 e. The SMILES string of the molecule is Nc1ccc(Cl)cc1NC(=O)c1ccccc1C(F)(F)F. The third-order valence-electron chi connectivity index (χ3n) is 2.74. The largest absolute Gasteiger partial charge is 0.417 e. The van der Waals surface area contributed by atoms with Crippen molar-refractivity contribution in [2.24, 2.45) is 0 Å². The molecule has 0 aromatic heterocycles. The standard InChI is InChI=1S/C14H10ClF3N2O/c15-8-5-6-11(19)12(7-8)20-13(21)9-3-1-2-4-10(9)14(16,17)18/h1-7H,19H2,(H,20,21). The summed E-state index contributed by atoms with van der Waals surface area (Å²) in [6, 6.07) is 8.84. The van der Waals surface area contributed by atoms with Crippen LogP contribution in [0.5, 0.6) is 0 Å². The quantitative estimate of drug-likeness (QED) is 0.816. The second-order valence-corrected chi connectivity index (χ2v) is 4.67. The van der Waals surface area contributed by atoms with Crippen LogP contribution in [0.1, 0.15) is 15.9 Å². The van der Waals surface area contributed by atoms with Gasteiger partial charge in [-0.1, -0.05) is 23.7 Å². The number of carbonyl (C=O) groups excluding carboxylic acids is 1. The first kappa shape index (κ1) is 15.2. The number of hydrogen-bond donors (Lipinski definition) is 2. The molecule has 110 valence electrons. The summed E-state index contributed by atoms with van der Waals surface area (Å²) in [4.78, 5) is 12.0. The van der Waals surface area contributed by atoms with Crippen molar-refractivity contribution in [2.45, 2.75) is 6.18 Å². The molecule has 0 fully saturated rings. The molecule has 2 rings (SSSR count). The Morgan fingerprint density at radius 2 is 1.81 bits per heavy atom. The molecule has 0 saturated carbocycles. The fraction of sp³-hybridized carbons (Fsp3) is 0.0714. The van der Waals surface area contributed by atoms with Gasteiger partial charge in [0.25, 0.3) is 5.91 Å². The van der Waals surface area contributed by atoms with Crippen molar-refractivity contribution in [3.63, 3.8) is 0 Å². The van der Waals surface area contributed by atoms with Crippen LogP contribution in [0.3, 0.4) is 0 Å². The minimum absolute atomic E-state index is 0.157. The van der Waals surface area contributed by atoms with Crippen LogP contribution in [0.4, 0.5) is 24.5 Å². The topological polar surface area (TPSA) is 55.1 Å². The van der Waals surface area contributed by atoms with E-state index in [1.807, 2.05) is 0 Å². The molecule has 0 spiro atoms. The summed E-state index contributed by atoms with van der Waals surface area (Å²) in [7, 11) is 0. The van der Waals surface area contributed by atoms with Crippen molar-refractivity contribution in [1.82, 2.24) is 0 Å². The van der Waals surface area contributed by atoms with Gasteiger partial charge in [0.1, 0.15) is 0 Å². The molecule has 2 aromatic rings. The predicted octanol–water partition coefficient (Wildman–Crippen LogP) is 4.19. The maximum atomic E-state index is 12.9. The van der Waals surface area contributed by atoms with Gasteiger partial charge in [-0.2, -0.15) is 13.2 Å². The Balaban J connectivity index is 2.36. The Kier molecular flexibility index (Phi) is 4.09. The highest BCUT2D eigenvalue weighted by molar-refractivity contribution is 6.31. The molecule has 3 nitrogen and oxygen atoms in total. The van der Waals surface area contributed by atoms with Crippen LogP contribution in [0, 0.1) is 0 Å². The normalized spacial score (nSPS) is 11.2. The number of rotatable bonds is 2. The molecule has 0 aliphatic heterocycles. The van der Waals surface area contributed by atoms with E-state index in [1.54, 1.807) is 0 Å². The van der Waals surface area contributed by atoms with E-state index in [1.165, 1.54) is 30.3 Å². The van der Waals surface area contributed by atoms with E-state index in [0.717, 1.165) is 12.1 Å². The minimum atomic E-state index is -4.62. The van der Waals surface area contributed by atoms with Crippen molar-refractivity contribution in [3.05, 3.63) is 58.6 Å². The van der Waals surface area contributed by atoms with Crippen molar-refractivity contribution in [1.29, 1.82) is 0 Å². The molecule has 0 aliphatic rings. The second kappa shape index (κ2) is 5.65. The number of nitrogen functional groups attached to an aromatic ring is 1. The molecule has 0 heterocycles. The lowest BCUT2D eigenvalue weighted by Crippen LogP contribution is -2.19. The van der Waals surface area contributed by atoms with Crippen LogP contribution in [-0.2, 0) is 6.18 Å².